The summed E-state index contributed by atoms with van der Waals surface area (Å²) < 4.78 is 1.87. The summed E-state index contributed by atoms with van der Waals surface area (Å²) in [6.07, 6.45) is 7.33. The van der Waals surface area contributed by atoms with E-state index in [1.807, 2.05) is 22.8 Å². The summed E-state index contributed by atoms with van der Waals surface area (Å²) in [7, 11) is 1.95. The van der Waals surface area contributed by atoms with E-state index in [-0.39, 0.29) is 12.1 Å². The number of benzene rings is 1. The van der Waals surface area contributed by atoms with Crippen LogP contribution in [-0.4, -0.2) is 55.6 Å². The van der Waals surface area contributed by atoms with Gasteiger partial charge < -0.3 is 15.5 Å². The molecule has 1 unspecified atom stereocenters. The van der Waals surface area contributed by atoms with Gasteiger partial charge in [-0.05, 0) is 37.8 Å². The van der Waals surface area contributed by atoms with Gasteiger partial charge in [0.2, 0.25) is 0 Å². The molecule has 2 aromatic heterocycles. The Hall–Kier alpha value is -2.87. The SMILES string of the molecule is Cn1ncc2cc(-c3n[nH]c4c3CN(C(=O)NC3CC[C@@H]5CC[C@H]3N5)CC4)ccc21. The summed E-state index contributed by atoms with van der Waals surface area (Å²) >= 11 is 0. The Labute approximate surface area is 175 Å². The molecule has 0 radical (unpaired) electrons. The second-order valence-electron chi connectivity index (χ2n) is 8.92. The molecule has 2 bridgehead atoms. The van der Waals surface area contributed by atoms with Crippen molar-refractivity contribution in [1.82, 2.24) is 35.5 Å². The van der Waals surface area contributed by atoms with E-state index in [2.05, 4.69) is 44.1 Å². The molecular formula is C22H27N7O. The van der Waals surface area contributed by atoms with Crippen LogP contribution in [-0.2, 0) is 20.0 Å². The second kappa shape index (κ2) is 6.84. The lowest BCUT2D eigenvalue weighted by atomic mass is 9.99. The molecule has 3 aliphatic heterocycles. The number of hydrogen-bond acceptors (Lipinski definition) is 4. The van der Waals surface area contributed by atoms with Crippen molar-refractivity contribution in [2.45, 2.75) is 56.8 Å². The predicted octanol–water partition coefficient (Wildman–Crippen LogP) is 2.31. The van der Waals surface area contributed by atoms with Crippen molar-refractivity contribution in [3.63, 3.8) is 0 Å². The van der Waals surface area contributed by atoms with Crippen LogP contribution in [0.5, 0.6) is 0 Å². The fourth-order valence-corrected chi connectivity index (χ4v) is 5.42. The van der Waals surface area contributed by atoms with E-state index in [1.54, 1.807) is 0 Å². The maximum absolute atomic E-state index is 13.0. The number of aromatic amines is 1. The Morgan fingerprint density at radius 1 is 1.23 bits per heavy atom. The fourth-order valence-electron chi connectivity index (χ4n) is 5.42. The largest absolute Gasteiger partial charge is 0.334 e. The van der Waals surface area contributed by atoms with Gasteiger partial charge in [0.05, 0.1) is 24.0 Å². The zero-order valence-electron chi connectivity index (χ0n) is 17.2. The number of fused-ring (bicyclic) bond motifs is 4. The van der Waals surface area contributed by atoms with Crippen LogP contribution >= 0.6 is 0 Å². The third kappa shape index (κ3) is 2.89. The highest BCUT2D eigenvalue weighted by molar-refractivity contribution is 5.84. The Morgan fingerprint density at radius 2 is 2.13 bits per heavy atom. The highest BCUT2D eigenvalue weighted by Gasteiger charge is 2.37. The fraction of sp³-hybridized carbons (Fsp3) is 0.500. The number of aryl methyl sites for hydroxylation is 1. The molecule has 2 fully saturated rings. The first-order chi connectivity index (χ1) is 14.7. The molecule has 0 spiro atoms. The van der Waals surface area contributed by atoms with Gasteiger partial charge >= 0.3 is 6.03 Å². The van der Waals surface area contributed by atoms with Crippen molar-refractivity contribution in [3.05, 3.63) is 35.7 Å². The van der Waals surface area contributed by atoms with Gasteiger partial charge in [-0.3, -0.25) is 9.78 Å². The number of urea groups is 1. The van der Waals surface area contributed by atoms with Gasteiger partial charge in [0.25, 0.3) is 0 Å². The molecule has 1 aromatic carbocycles. The molecule has 0 aliphatic carbocycles. The molecule has 3 atom stereocenters. The molecule has 0 saturated carbocycles. The standard InChI is InChI=1S/C22H27N7O/c1-28-20-7-2-13(10-14(20)11-23-28)21-16-12-29(9-8-17(16)26-27-21)22(30)25-19-6-4-15-3-5-18(19)24-15/h2,7,10-11,15,18-19,24H,3-6,8-9,12H2,1H3,(H,25,30)(H,26,27)/t15-,18+,19?/m0/s1. The number of amides is 2. The minimum absolute atomic E-state index is 0.0488. The van der Waals surface area contributed by atoms with Gasteiger partial charge in [0.1, 0.15) is 0 Å². The summed E-state index contributed by atoms with van der Waals surface area (Å²) in [5.74, 6) is 0. The lowest BCUT2D eigenvalue weighted by molar-refractivity contribution is 0.181. The van der Waals surface area contributed by atoms with Crippen LogP contribution in [0.2, 0.25) is 0 Å². The van der Waals surface area contributed by atoms with Crippen molar-refractivity contribution in [2.24, 2.45) is 7.05 Å². The average molecular weight is 406 g/mol. The zero-order chi connectivity index (χ0) is 20.2. The number of rotatable bonds is 2. The number of carbonyl (C=O) groups is 1. The molecule has 3 aliphatic rings. The van der Waals surface area contributed by atoms with E-state index in [1.165, 1.54) is 12.8 Å². The van der Waals surface area contributed by atoms with E-state index in [9.17, 15) is 4.79 Å². The Bertz CT molecular complexity index is 1120. The van der Waals surface area contributed by atoms with Crippen LogP contribution in [0.25, 0.3) is 22.2 Å². The van der Waals surface area contributed by atoms with Gasteiger partial charge in [-0.25, -0.2) is 4.79 Å². The average Bonchev–Trinajstić information content (AvgIpc) is 3.47. The summed E-state index contributed by atoms with van der Waals surface area (Å²) in [6.45, 7) is 1.31. The third-order valence-electron chi connectivity index (χ3n) is 7.14. The molecule has 3 aromatic rings. The molecule has 156 valence electrons. The Balaban J connectivity index is 1.22. The highest BCUT2D eigenvalue weighted by atomic mass is 16.2. The number of nitrogens with zero attached hydrogens (tertiary/aromatic N) is 4. The highest BCUT2D eigenvalue weighted by Crippen LogP contribution is 2.31. The second-order valence-corrected chi connectivity index (χ2v) is 8.92. The predicted molar refractivity (Wildman–Crippen MR) is 114 cm³/mol. The number of H-pyrrole nitrogens is 1. The summed E-state index contributed by atoms with van der Waals surface area (Å²) in [5.41, 5.74) is 5.36. The smallest absolute Gasteiger partial charge is 0.317 e. The third-order valence-corrected chi connectivity index (χ3v) is 7.14. The van der Waals surface area contributed by atoms with E-state index < -0.39 is 0 Å². The summed E-state index contributed by atoms with van der Waals surface area (Å²) in [6, 6.07) is 7.68. The van der Waals surface area contributed by atoms with Crippen LogP contribution in [0, 0.1) is 0 Å². The monoisotopic (exact) mass is 405 g/mol. The van der Waals surface area contributed by atoms with Crippen molar-refractivity contribution >= 4 is 16.9 Å². The van der Waals surface area contributed by atoms with E-state index >= 15 is 0 Å². The molecule has 2 saturated heterocycles. The Kier molecular flexibility index (Phi) is 4.09. The van der Waals surface area contributed by atoms with Crippen LogP contribution < -0.4 is 10.6 Å². The summed E-state index contributed by atoms with van der Waals surface area (Å²) in [5, 5.41) is 20.2. The topological polar surface area (TPSA) is 90.9 Å². The molecular weight excluding hydrogens is 378 g/mol. The van der Waals surface area contributed by atoms with E-state index in [4.69, 9.17) is 0 Å². The van der Waals surface area contributed by atoms with Crippen LogP contribution in [0.1, 0.15) is 36.9 Å². The van der Waals surface area contributed by atoms with Gasteiger partial charge in [-0.2, -0.15) is 10.2 Å². The summed E-state index contributed by atoms with van der Waals surface area (Å²) in [4.78, 5) is 15.0. The minimum atomic E-state index is 0.0488. The number of aromatic nitrogens is 4. The first-order valence-electron chi connectivity index (χ1n) is 11.0. The minimum Gasteiger partial charge on any atom is -0.334 e. The Morgan fingerprint density at radius 3 is 3.07 bits per heavy atom. The quantitative estimate of drug-likeness (QED) is 0.610. The lowest BCUT2D eigenvalue weighted by Crippen LogP contribution is -2.55. The molecule has 8 heteroatoms. The van der Waals surface area contributed by atoms with Gasteiger partial charge in [-0.15, -0.1) is 0 Å². The lowest BCUT2D eigenvalue weighted by Gasteiger charge is -2.34. The number of nitrogens with one attached hydrogen (secondary N) is 3. The molecule has 8 nitrogen and oxygen atoms in total. The first-order valence-corrected chi connectivity index (χ1v) is 11.0. The van der Waals surface area contributed by atoms with E-state index in [0.29, 0.717) is 18.6 Å². The maximum Gasteiger partial charge on any atom is 0.317 e. The zero-order valence-corrected chi connectivity index (χ0v) is 17.2. The van der Waals surface area contributed by atoms with Gasteiger partial charge in [0, 0.05) is 60.3 Å². The molecule has 6 rings (SSSR count). The van der Waals surface area contributed by atoms with E-state index in [0.717, 1.165) is 59.2 Å². The van der Waals surface area contributed by atoms with Crippen LogP contribution in [0.15, 0.2) is 24.4 Å². The maximum atomic E-state index is 13.0. The number of carbonyl (C=O) groups excluding carboxylic acids is 1. The molecule has 2 amide bonds. The van der Waals surface area contributed by atoms with Crippen molar-refractivity contribution in [1.29, 1.82) is 0 Å². The van der Waals surface area contributed by atoms with Crippen molar-refractivity contribution < 1.29 is 4.79 Å². The van der Waals surface area contributed by atoms with Crippen LogP contribution in [0.4, 0.5) is 4.79 Å². The van der Waals surface area contributed by atoms with Gasteiger partial charge in [0.15, 0.2) is 0 Å². The molecule has 3 N–H and O–H groups in total. The number of hydrogen-bond donors (Lipinski definition) is 3. The van der Waals surface area contributed by atoms with Crippen LogP contribution in [0.3, 0.4) is 0 Å². The molecule has 5 heterocycles. The first kappa shape index (κ1) is 17.9. The van der Waals surface area contributed by atoms with Crippen molar-refractivity contribution in [3.8, 4) is 11.3 Å². The van der Waals surface area contributed by atoms with Gasteiger partial charge in [-0.1, -0.05) is 6.07 Å². The molecule has 30 heavy (non-hydrogen) atoms. The normalized spacial score (nSPS) is 25.5. The number of piperidine rings is 1. The van der Waals surface area contributed by atoms with Crippen molar-refractivity contribution in [2.75, 3.05) is 6.54 Å².